The number of hydrogen-bond donors (Lipinski definition) is 0. The Bertz CT molecular complexity index is 489. The molecule has 0 radical (unpaired) electrons. The number of ether oxygens (including phenoxy) is 1. The van der Waals surface area contributed by atoms with Crippen LogP contribution in [0.4, 0.5) is 0 Å². The third kappa shape index (κ3) is 6.71. The van der Waals surface area contributed by atoms with Gasteiger partial charge in [0.25, 0.3) is 0 Å². The molecule has 4 heteroatoms. The smallest absolute Gasteiger partial charge is 1.00 e. The van der Waals surface area contributed by atoms with Crippen molar-refractivity contribution in [3.05, 3.63) is 57.5 Å². The molecular formula is C17H21Cl2OTi. The Labute approximate surface area is 152 Å². The third-order valence-electron chi connectivity index (χ3n) is 3.07. The van der Waals surface area contributed by atoms with Crippen molar-refractivity contribution < 1.29 is 50.0 Å². The molecule has 1 aliphatic rings. The first-order chi connectivity index (χ1) is 8.96. The van der Waals surface area contributed by atoms with Crippen LogP contribution in [0, 0.1) is 0 Å². The molecule has 0 spiro atoms. The zero-order valence-corrected chi connectivity index (χ0v) is 15.8. The molecule has 2 rings (SSSR count). The summed E-state index contributed by atoms with van der Waals surface area (Å²) in [5, 5.41) is 0. The molecule has 0 amide bonds. The second kappa shape index (κ2) is 9.17. The number of rotatable bonds is 4. The Hall–Kier alpha value is -0.0457. The average molecular weight is 360 g/mol. The molecule has 0 N–H and O–H groups in total. The summed E-state index contributed by atoms with van der Waals surface area (Å²) in [5.41, 5.74) is 2.57. The summed E-state index contributed by atoms with van der Waals surface area (Å²) in [6.45, 7) is 6.37. The normalized spacial score (nSPS) is 15.5. The Morgan fingerprint density at radius 2 is 1.76 bits per heavy atom. The van der Waals surface area contributed by atoms with Crippen LogP contribution in [0.15, 0.2) is 51.9 Å². The summed E-state index contributed by atoms with van der Waals surface area (Å²) < 4.78 is 7.72. The van der Waals surface area contributed by atoms with Gasteiger partial charge < -0.3 is 24.8 Å². The molecule has 113 valence electrons. The fourth-order valence-electron chi connectivity index (χ4n) is 2.29. The van der Waals surface area contributed by atoms with E-state index < -0.39 is 0 Å². The van der Waals surface area contributed by atoms with Crippen molar-refractivity contribution in [2.45, 2.75) is 45.3 Å². The second-order valence-corrected chi connectivity index (χ2v) is 6.89. The van der Waals surface area contributed by atoms with E-state index in [2.05, 4.69) is 83.7 Å². The van der Waals surface area contributed by atoms with Gasteiger partial charge in [0.05, 0.1) is 0 Å². The molecule has 1 atom stereocenters. The second-order valence-electron chi connectivity index (χ2n) is 5.95. The predicted octanol–water partition coefficient (Wildman–Crippen LogP) is -1.82. The van der Waals surface area contributed by atoms with Gasteiger partial charge in [-0.15, -0.1) is 0 Å². The molecule has 0 fully saturated rings. The van der Waals surface area contributed by atoms with Crippen LogP contribution in [0.3, 0.4) is 0 Å². The molecule has 0 aromatic heterocycles. The third-order valence-corrected chi connectivity index (χ3v) is 3.84. The Morgan fingerprint density at radius 3 is 2.24 bits per heavy atom. The van der Waals surface area contributed by atoms with Crippen LogP contribution in [0.25, 0.3) is 0 Å². The quantitative estimate of drug-likeness (QED) is 0.575. The first kappa shape index (κ1) is 21.0. The molecule has 0 bridgehead atoms. The zero-order chi connectivity index (χ0) is 13.9. The number of benzene rings is 1. The van der Waals surface area contributed by atoms with Crippen molar-refractivity contribution >= 4 is 0 Å². The molecule has 0 saturated heterocycles. The average Bonchev–Trinajstić information content (AvgIpc) is 2.74. The van der Waals surface area contributed by atoms with E-state index in [0.717, 1.165) is 12.8 Å². The van der Waals surface area contributed by atoms with E-state index in [1.54, 1.807) is 0 Å². The minimum Gasteiger partial charge on any atom is -1.00 e. The van der Waals surface area contributed by atoms with Crippen LogP contribution < -0.4 is 24.8 Å². The zero-order valence-electron chi connectivity index (χ0n) is 12.7. The molecule has 0 saturated carbocycles. The van der Waals surface area contributed by atoms with Gasteiger partial charge in [-0.1, -0.05) is 0 Å². The van der Waals surface area contributed by atoms with E-state index in [1.807, 2.05) is 0 Å². The molecule has 0 aliphatic heterocycles. The maximum Gasteiger partial charge on any atom is -1.00 e. The minimum atomic E-state index is -0.122. The molecule has 1 nitrogen and oxygen atoms in total. The van der Waals surface area contributed by atoms with Crippen LogP contribution in [-0.2, 0) is 31.6 Å². The number of halogens is 2. The van der Waals surface area contributed by atoms with Crippen LogP contribution in [0.2, 0.25) is 0 Å². The summed E-state index contributed by atoms with van der Waals surface area (Å²) >= 11 is 2.21. The largest absolute Gasteiger partial charge is 1.00 e. The van der Waals surface area contributed by atoms with Gasteiger partial charge in [-0.3, -0.25) is 0 Å². The number of allylic oxidation sites excluding steroid dienone is 2. The first-order valence-electron chi connectivity index (χ1n) is 6.78. The van der Waals surface area contributed by atoms with Crippen LogP contribution >= 0.6 is 0 Å². The van der Waals surface area contributed by atoms with Crippen LogP contribution in [-0.4, -0.2) is 11.7 Å². The van der Waals surface area contributed by atoms with E-state index in [9.17, 15) is 0 Å². The molecule has 0 heterocycles. The summed E-state index contributed by atoms with van der Waals surface area (Å²) in [4.78, 5) is 0. The molecular weight excluding hydrogens is 339 g/mol. The van der Waals surface area contributed by atoms with E-state index >= 15 is 0 Å². The summed E-state index contributed by atoms with van der Waals surface area (Å²) in [6.07, 6.45) is 6.62. The van der Waals surface area contributed by atoms with Gasteiger partial charge in [-0.25, -0.2) is 0 Å². The van der Waals surface area contributed by atoms with Crippen molar-refractivity contribution in [1.29, 1.82) is 0 Å². The van der Waals surface area contributed by atoms with Crippen LogP contribution in [0.1, 0.15) is 32.8 Å². The van der Waals surface area contributed by atoms with E-state index in [0.29, 0.717) is 0 Å². The summed E-state index contributed by atoms with van der Waals surface area (Å²) in [6, 6.07) is 10.6. The minimum absolute atomic E-state index is 0. The SMILES string of the molecule is CC(C)(C)OC(Cc1ccccc1)C1=[C]([Ti+2])CC=C1.[Cl-].[Cl-]. The Balaban J connectivity index is 0.00000200. The van der Waals surface area contributed by atoms with E-state index in [1.165, 1.54) is 15.0 Å². The van der Waals surface area contributed by atoms with Gasteiger partial charge in [-0.05, 0) is 0 Å². The molecule has 1 aromatic carbocycles. The van der Waals surface area contributed by atoms with Gasteiger partial charge in [0.15, 0.2) is 0 Å². The Morgan fingerprint density at radius 1 is 1.14 bits per heavy atom. The molecule has 1 aromatic rings. The van der Waals surface area contributed by atoms with Crippen molar-refractivity contribution in [2.75, 3.05) is 0 Å². The predicted molar refractivity (Wildman–Crippen MR) is 75.6 cm³/mol. The topological polar surface area (TPSA) is 9.23 Å². The van der Waals surface area contributed by atoms with Crippen molar-refractivity contribution in [3.8, 4) is 0 Å². The van der Waals surface area contributed by atoms with Gasteiger partial charge >= 0.3 is 128 Å². The number of hydrogen-bond acceptors (Lipinski definition) is 1. The van der Waals surface area contributed by atoms with E-state index in [-0.39, 0.29) is 36.5 Å². The van der Waals surface area contributed by atoms with Gasteiger partial charge in [-0.2, -0.15) is 0 Å². The Kier molecular flexibility index (Phi) is 9.15. The fourth-order valence-corrected chi connectivity index (χ4v) is 2.86. The first-order valence-corrected chi connectivity index (χ1v) is 7.57. The van der Waals surface area contributed by atoms with Crippen molar-refractivity contribution in [2.24, 2.45) is 0 Å². The molecule has 1 aliphatic carbocycles. The van der Waals surface area contributed by atoms with Crippen molar-refractivity contribution in [3.63, 3.8) is 0 Å². The standard InChI is InChI=1S/C17H21O.2ClH.Ti/c1-17(2,3)18-16(15-11-7-8-12-15)13-14-9-5-4-6-10-14;;;/h4-7,9-11,16H,8,13H2,1-3H3;2*1H;/q;;;+2/p-2. The van der Waals surface area contributed by atoms with Gasteiger partial charge in [0.1, 0.15) is 0 Å². The van der Waals surface area contributed by atoms with Crippen LogP contribution in [0.5, 0.6) is 0 Å². The maximum absolute atomic E-state index is 6.29. The fraction of sp³-hybridized carbons (Fsp3) is 0.412. The molecule has 1 unspecified atom stereocenters. The van der Waals surface area contributed by atoms with Crippen molar-refractivity contribution in [1.82, 2.24) is 0 Å². The maximum atomic E-state index is 6.29. The van der Waals surface area contributed by atoms with Gasteiger partial charge in [0.2, 0.25) is 0 Å². The molecule has 21 heavy (non-hydrogen) atoms. The summed E-state index contributed by atoms with van der Waals surface area (Å²) in [7, 11) is 0. The monoisotopic (exact) mass is 359 g/mol. The van der Waals surface area contributed by atoms with E-state index in [4.69, 9.17) is 4.74 Å². The summed E-state index contributed by atoms with van der Waals surface area (Å²) in [5.74, 6) is 0. The van der Waals surface area contributed by atoms with Gasteiger partial charge in [0, 0.05) is 0 Å².